The van der Waals surface area contributed by atoms with Crippen molar-refractivity contribution in [1.29, 1.82) is 0 Å². The fraction of sp³-hybridized carbons (Fsp3) is 0.235. The molecule has 0 aliphatic carbocycles. The lowest BCUT2D eigenvalue weighted by molar-refractivity contribution is -0.437. The van der Waals surface area contributed by atoms with E-state index in [9.17, 15) is 0 Å². The highest BCUT2D eigenvalue weighted by molar-refractivity contribution is 5.80. The molecule has 1 nitrogen and oxygen atoms in total. The second-order valence-corrected chi connectivity index (χ2v) is 5.01. The van der Waals surface area contributed by atoms with Gasteiger partial charge < -0.3 is 0 Å². The number of para-hydroxylation sites is 1. The maximum atomic E-state index is 2.40. The molecule has 0 fully saturated rings. The maximum absolute atomic E-state index is 2.40. The van der Waals surface area contributed by atoms with E-state index >= 15 is 0 Å². The van der Waals surface area contributed by atoms with Crippen molar-refractivity contribution in [1.82, 2.24) is 0 Å². The maximum Gasteiger partial charge on any atom is 0.211 e. The minimum Gasteiger partial charge on any atom is -0.197 e. The fourth-order valence-corrected chi connectivity index (χ4v) is 2.80. The predicted octanol–water partition coefficient (Wildman–Crippen LogP) is 3.62. The van der Waals surface area contributed by atoms with Gasteiger partial charge in [0.15, 0.2) is 12.8 Å². The van der Waals surface area contributed by atoms with Crippen molar-refractivity contribution in [2.24, 2.45) is 0 Å². The van der Waals surface area contributed by atoms with E-state index in [1.54, 1.807) is 0 Å². The van der Waals surface area contributed by atoms with Crippen LogP contribution in [-0.2, 0) is 6.42 Å². The quantitative estimate of drug-likeness (QED) is 0.665. The number of rotatable bonds is 1. The van der Waals surface area contributed by atoms with Crippen molar-refractivity contribution >= 4 is 11.9 Å². The molecule has 0 spiro atoms. The van der Waals surface area contributed by atoms with Crippen molar-refractivity contribution < 1.29 is 4.58 Å². The van der Waals surface area contributed by atoms with Crippen LogP contribution in [0.3, 0.4) is 0 Å². The average Bonchev–Trinajstić information content (AvgIpc) is 2.38. The summed E-state index contributed by atoms with van der Waals surface area (Å²) in [6, 6.07) is 15.2. The van der Waals surface area contributed by atoms with Gasteiger partial charge in [0.05, 0.1) is 0 Å². The van der Waals surface area contributed by atoms with E-state index in [-0.39, 0.29) is 0 Å². The van der Waals surface area contributed by atoms with E-state index in [1.165, 1.54) is 27.9 Å². The monoisotopic (exact) mass is 236 g/mol. The molecule has 0 atom stereocenters. The lowest BCUT2D eigenvalue weighted by Gasteiger charge is -2.14. The summed E-state index contributed by atoms with van der Waals surface area (Å²) >= 11 is 0. The van der Waals surface area contributed by atoms with Crippen molar-refractivity contribution in [3.05, 3.63) is 64.7 Å². The van der Waals surface area contributed by atoms with Gasteiger partial charge in [-0.05, 0) is 25.5 Å². The molecule has 0 radical (unpaired) electrons. The number of nitrogens with zero attached hydrogens (tertiary/aromatic N) is 1. The molecule has 0 saturated heterocycles. The highest BCUT2D eigenvalue weighted by atomic mass is 15.0. The lowest BCUT2D eigenvalue weighted by atomic mass is 10.0. The van der Waals surface area contributed by atoms with Crippen LogP contribution in [0.5, 0.6) is 0 Å². The summed E-state index contributed by atoms with van der Waals surface area (Å²) in [5.41, 5.74) is 6.88. The number of hydrogen-bond acceptors (Lipinski definition) is 0. The van der Waals surface area contributed by atoms with E-state index in [0.29, 0.717) is 0 Å². The first-order chi connectivity index (χ1) is 8.75. The summed E-state index contributed by atoms with van der Waals surface area (Å²) < 4.78 is 2.40. The first-order valence-electron chi connectivity index (χ1n) is 6.51. The van der Waals surface area contributed by atoms with Gasteiger partial charge in [-0.2, -0.15) is 4.58 Å². The molecule has 1 heteroatoms. The Morgan fingerprint density at radius 1 is 0.889 bits per heavy atom. The summed E-state index contributed by atoms with van der Waals surface area (Å²) in [7, 11) is 0. The predicted molar refractivity (Wildman–Crippen MR) is 76.0 cm³/mol. The van der Waals surface area contributed by atoms with Crippen LogP contribution in [0.25, 0.3) is 0 Å². The molecule has 0 amide bonds. The second kappa shape index (κ2) is 4.41. The highest BCUT2D eigenvalue weighted by Gasteiger charge is 2.20. The zero-order chi connectivity index (χ0) is 12.5. The van der Waals surface area contributed by atoms with Gasteiger partial charge in [-0.25, -0.2) is 0 Å². The Morgan fingerprint density at radius 3 is 2.39 bits per heavy atom. The van der Waals surface area contributed by atoms with Crippen molar-refractivity contribution in [2.75, 3.05) is 6.54 Å². The topological polar surface area (TPSA) is 3.01 Å². The molecule has 1 aliphatic rings. The molecule has 0 saturated carbocycles. The Labute approximate surface area is 108 Å². The number of benzene rings is 2. The molecule has 2 aromatic carbocycles. The first-order valence-corrected chi connectivity index (χ1v) is 6.51. The summed E-state index contributed by atoms with van der Waals surface area (Å²) in [5.74, 6) is 0. The highest BCUT2D eigenvalue weighted by Crippen LogP contribution is 2.25. The van der Waals surface area contributed by atoms with Crippen molar-refractivity contribution in [2.45, 2.75) is 20.3 Å². The summed E-state index contributed by atoms with van der Waals surface area (Å²) in [6.45, 7) is 5.45. The molecule has 0 bridgehead atoms. The van der Waals surface area contributed by atoms with Crippen molar-refractivity contribution in [3.63, 3.8) is 0 Å². The van der Waals surface area contributed by atoms with E-state index in [1.807, 2.05) is 0 Å². The largest absolute Gasteiger partial charge is 0.211 e. The van der Waals surface area contributed by atoms with Gasteiger partial charge in [0.1, 0.15) is 0 Å². The molecule has 0 N–H and O–H groups in total. The standard InChI is InChI=1S/C17H18N/c1-13-6-5-7-14(2)17(13)18-11-10-15-8-3-4-9-16(15)12-18/h3-9,12H,10-11H2,1-2H3/q+1. The van der Waals surface area contributed by atoms with Gasteiger partial charge in [-0.15, -0.1) is 0 Å². The van der Waals surface area contributed by atoms with Gasteiger partial charge in [0.2, 0.25) is 5.69 Å². The molecule has 18 heavy (non-hydrogen) atoms. The Morgan fingerprint density at radius 2 is 1.61 bits per heavy atom. The van der Waals surface area contributed by atoms with Crippen LogP contribution < -0.4 is 0 Å². The molecular formula is C17H18N+. The normalized spacial score (nSPS) is 14.0. The molecule has 90 valence electrons. The molecular weight excluding hydrogens is 218 g/mol. The molecule has 0 unspecified atom stereocenters. The van der Waals surface area contributed by atoms with Gasteiger partial charge in [-0.3, -0.25) is 0 Å². The molecule has 1 heterocycles. The number of hydrogen-bond donors (Lipinski definition) is 0. The SMILES string of the molecule is Cc1cccc(C)c1[N+]1=Cc2ccccc2CC1. The Balaban J connectivity index is 2.13. The smallest absolute Gasteiger partial charge is 0.197 e. The van der Waals surface area contributed by atoms with Gasteiger partial charge in [0, 0.05) is 23.1 Å². The Kier molecular flexibility index (Phi) is 2.75. The third-order valence-electron chi connectivity index (χ3n) is 3.70. The van der Waals surface area contributed by atoms with E-state index in [0.717, 1.165) is 13.0 Å². The van der Waals surface area contributed by atoms with Crippen LogP contribution >= 0.6 is 0 Å². The van der Waals surface area contributed by atoms with Crippen LogP contribution in [0.1, 0.15) is 22.3 Å². The van der Waals surface area contributed by atoms with Gasteiger partial charge in [0.25, 0.3) is 0 Å². The zero-order valence-electron chi connectivity index (χ0n) is 11.0. The minimum atomic E-state index is 1.07. The van der Waals surface area contributed by atoms with E-state index in [4.69, 9.17) is 0 Å². The number of fused-ring (bicyclic) bond motifs is 1. The molecule has 0 aromatic heterocycles. The summed E-state index contributed by atoms with van der Waals surface area (Å²) in [6.07, 6.45) is 3.41. The van der Waals surface area contributed by atoms with Crippen molar-refractivity contribution in [3.8, 4) is 0 Å². The Hall–Kier alpha value is -1.89. The van der Waals surface area contributed by atoms with E-state index in [2.05, 4.69) is 67.1 Å². The van der Waals surface area contributed by atoms with Crippen LogP contribution in [0.15, 0.2) is 42.5 Å². The van der Waals surface area contributed by atoms with Gasteiger partial charge >= 0.3 is 0 Å². The van der Waals surface area contributed by atoms with Crippen LogP contribution in [0.2, 0.25) is 0 Å². The summed E-state index contributed by atoms with van der Waals surface area (Å²) in [4.78, 5) is 0. The minimum absolute atomic E-state index is 1.07. The Bertz CT molecular complexity index is 603. The second-order valence-electron chi connectivity index (χ2n) is 5.01. The third kappa shape index (κ3) is 1.86. The third-order valence-corrected chi connectivity index (χ3v) is 3.70. The van der Waals surface area contributed by atoms with Crippen LogP contribution in [0, 0.1) is 13.8 Å². The van der Waals surface area contributed by atoms with Gasteiger partial charge in [-0.1, -0.05) is 36.4 Å². The zero-order valence-corrected chi connectivity index (χ0v) is 11.0. The van der Waals surface area contributed by atoms with Crippen LogP contribution in [0.4, 0.5) is 5.69 Å². The van der Waals surface area contributed by atoms with E-state index < -0.39 is 0 Å². The van der Waals surface area contributed by atoms with Crippen LogP contribution in [-0.4, -0.2) is 17.3 Å². The average molecular weight is 236 g/mol. The lowest BCUT2D eigenvalue weighted by Crippen LogP contribution is -2.19. The molecule has 2 aromatic rings. The first kappa shape index (κ1) is 11.2. The molecule has 1 aliphatic heterocycles. The fourth-order valence-electron chi connectivity index (χ4n) is 2.80. The summed E-state index contributed by atoms with van der Waals surface area (Å²) in [5, 5.41) is 0. The number of aryl methyl sites for hydroxylation is 2. The molecule has 3 rings (SSSR count).